The Morgan fingerprint density at radius 2 is 2.26 bits per heavy atom. The zero-order valence-corrected chi connectivity index (χ0v) is 15.3. The molecule has 0 radical (unpaired) electrons. The molecule has 1 saturated heterocycles. The Balaban J connectivity index is 1.67. The predicted octanol–water partition coefficient (Wildman–Crippen LogP) is 3.14. The van der Waals surface area contributed by atoms with Gasteiger partial charge in [0.05, 0.1) is 24.6 Å². The molecule has 8 heteroatoms. The molecule has 140 valence electrons. The van der Waals surface area contributed by atoms with Crippen molar-refractivity contribution < 1.29 is 14.1 Å². The number of nitrogens with zero attached hydrogens (tertiary/aromatic N) is 4. The summed E-state index contributed by atoms with van der Waals surface area (Å²) in [4.78, 5) is 19.5. The number of nitrogens with one attached hydrogen (secondary N) is 1. The lowest BCUT2D eigenvalue weighted by molar-refractivity contribution is 0.0562. The van der Waals surface area contributed by atoms with Gasteiger partial charge in [-0.15, -0.1) is 0 Å². The van der Waals surface area contributed by atoms with E-state index in [0.717, 1.165) is 30.6 Å². The number of amides is 1. The molecule has 3 heterocycles. The van der Waals surface area contributed by atoms with Gasteiger partial charge in [-0.05, 0) is 38.3 Å². The molecule has 1 amide bonds. The molecule has 1 aliphatic rings. The monoisotopic (exact) mass is 367 g/mol. The summed E-state index contributed by atoms with van der Waals surface area (Å²) >= 11 is 0. The van der Waals surface area contributed by atoms with Crippen molar-refractivity contribution in [2.24, 2.45) is 0 Å². The molecule has 0 bridgehead atoms. The van der Waals surface area contributed by atoms with Crippen LogP contribution >= 0.6 is 0 Å². The van der Waals surface area contributed by atoms with E-state index in [2.05, 4.69) is 20.3 Å². The Morgan fingerprint density at radius 3 is 3.04 bits per heavy atom. The van der Waals surface area contributed by atoms with E-state index in [1.54, 1.807) is 20.2 Å². The molecule has 0 spiro atoms. The number of aromatic amines is 1. The average Bonchev–Trinajstić information content (AvgIpc) is 3.36. The van der Waals surface area contributed by atoms with Crippen LogP contribution in [0, 0.1) is 6.92 Å². The highest BCUT2D eigenvalue weighted by Crippen LogP contribution is 2.33. The van der Waals surface area contributed by atoms with Crippen molar-refractivity contribution in [3.8, 4) is 17.0 Å². The van der Waals surface area contributed by atoms with Crippen LogP contribution in [0.15, 0.2) is 35.0 Å². The number of aromatic nitrogens is 4. The summed E-state index contributed by atoms with van der Waals surface area (Å²) in [5.74, 6) is 1.69. The molecular weight excluding hydrogens is 346 g/mol. The van der Waals surface area contributed by atoms with Gasteiger partial charge in [0, 0.05) is 12.1 Å². The van der Waals surface area contributed by atoms with E-state index < -0.39 is 0 Å². The summed E-state index contributed by atoms with van der Waals surface area (Å²) < 4.78 is 10.6. The average molecular weight is 367 g/mol. The molecule has 1 atom stereocenters. The van der Waals surface area contributed by atoms with E-state index in [-0.39, 0.29) is 11.9 Å². The van der Waals surface area contributed by atoms with Crippen molar-refractivity contribution in [3.05, 3.63) is 47.7 Å². The maximum absolute atomic E-state index is 13.3. The third kappa shape index (κ3) is 3.30. The SMILES string of the molecule is COc1cccc(-c2[nH]ncc2C(=O)N2CCCC[C@@H]2c2nc(C)no2)c1. The van der Waals surface area contributed by atoms with Crippen LogP contribution in [0.5, 0.6) is 5.75 Å². The van der Waals surface area contributed by atoms with Crippen molar-refractivity contribution in [1.82, 2.24) is 25.2 Å². The van der Waals surface area contributed by atoms with Gasteiger partial charge in [-0.2, -0.15) is 10.1 Å². The number of ether oxygens (including phenoxy) is 1. The highest BCUT2D eigenvalue weighted by Gasteiger charge is 2.34. The molecule has 0 aliphatic carbocycles. The summed E-state index contributed by atoms with van der Waals surface area (Å²) in [6.07, 6.45) is 4.34. The van der Waals surface area contributed by atoms with E-state index in [9.17, 15) is 4.79 Å². The Morgan fingerprint density at radius 1 is 1.37 bits per heavy atom. The molecule has 1 aromatic carbocycles. The standard InChI is InChI=1S/C19H21N5O3/c1-12-21-18(27-23-12)16-8-3-4-9-24(16)19(25)15-11-20-22-17(15)13-6-5-7-14(10-13)26-2/h5-7,10-11,16H,3-4,8-9H2,1-2H3,(H,20,22)/t16-/m1/s1. The first kappa shape index (κ1) is 17.3. The first-order valence-electron chi connectivity index (χ1n) is 8.96. The number of hydrogen-bond acceptors (Lipinski definition) is 6. The van der Waals surface area contributed by atoms with Gasteiger partial charge in [-0.1, -0.05) is 17.3 Å². The highest BCUT2D eigenvalue weighted by molar-refractivity contribution is 6.00. The number of aryl methyl sites for hydroxylation is 1. The van der Waals surface area contributed by atoms with Gasteiger partial charge in [0.15, 0.2) is 5.82 Å². The van der Waals surface area contributed by atoms with Crippen molar-refractivity contribution >= 4 is 5.91 Å². The van der Waals surface area contributed by atoms with Gasteiger partial charge in [-0.25, -0.2) is 0 Å². The molecule has 1 fully saturated rings. The van der Waals surface area contributed by atoms with Crippen LogP contribution in [0.1, 0.15) is 47.4 Å². The number of piperidine rings is 1. The number of H-pyrrole nitrogens is 1. The summed E-state index contributed by atoms with van der Waals surface area (Å²) in [5, 5.41) is 10.9. The van der Waals surface area contributed by atoms with Crippen molar-refractivity contribution in [1.29, 1.82) is 0 Å². The normalized spacial score (nSPS) is 17.1. The second kappa shape index (κ2) is 7.22. The van der Waals surface area contributed by atoms with Crippen molar-refractivity contribution in [2.45, 2.75) is 32.2 Å². The second-order valence-electron chi connectivity index (χ2n) is 6.58. The third-order valence-corrected chi connectivity index (χ3v) is 4.82. The number of carbonyl (C=O) groups is 1. The smallest absolute Gasteiger partial charge is 0.258 e. The Kier molecular flexibility index (Phi) is 4.62. The number of likely N-dealkylation sites (tertiary alicyclic amines) is 1. The Bertz CT molecular complexity index is 948. The van der Waals surface area contributed by atoms with E-state index in [1.165, 1.54) is 0 Å². The van der Waals surface area contributed by atoms with E-state index >= 15 is 0 Å². The maximum atomic E-state index is 13.3. The fourth-order valence-corrected chi connectivity index (χ4v) is 3.48. The minimum absolute atomic E-state index is 0.0953. The maximum Gasteiger partial charge on any atom is 0.258 e. The largest absolute Gasteiger partial charge is 0.497 e. The zero-order chi connectivity index (χ0) is 18.8. The van der Waals surface area contributed by atoms with Crippen LogP contribution in [0.4, 0.5) is 0 Å². The summed E-state index contributed by atoms with van der Waals surface area (Å²) in [6.45, 7) is 2.42. The summed E-state index contributed by atoms with van der Waals surface area (Å²) in [6, 6.07) is 7.33. The van der Waals surface area contributed by atoms with Gasteiger partial charge in [0.2, 0.25) is 5.89 Å². The Hall–Kier alpha value is -3.16. The quantitative estimate of drug-likeness (QED) is 0.761. The topological polar surface area (TPSA) is 97.1 Å². The molecule has 27 heavy (non-hydrogen) atoms. The third-order valence-electron chi connectivity index (χ3n) is 4.82. The first-order valence-corrected chi connectivity index (χ1v) is 8.96. The van der Waals surface area contributed by atoms with E-state index in [0.29, 0.717) is 29.5 Å². The molecule has 1 N–H and O–H groups in total. The van der Waals surface area contributed by atoms with E-state index in [1.807, 2.05) is 29.2 Å². The van der Waals surface area contributed by atoms with Crippen molar-refractivity contribution in [3.63, 3.8) is 0 Å². The number of benzene rings is 1. The number of methoxy groups -OCH3 is 1. The fourth-order valence-electron chi connectivity index (χ4n) is 3.48. The Labute approximate surface area is 156 Å². The van der Waals surface area contributed by atoms with Crippen LogP contribution in [-0.2, 0) is 0 Å². The number of carbonyl (C=O) groups excluding carboxylic acids is 1. The van der Waals surface area contributed by atoms with Crippen LogP contribution in [0.25, 0.3) is 11.3 Å². The van der Waals surface area contributed by atoms with Crippen molar-refractivity contribution in [2.75, 3.05) is 13.7 Å². The first-order chi connectivity index (χ1) is 13.2. The van der Waals surface area contributed by atoms with Gasteiger partial charge >= 0.3 is 0 Å². The molecule has 1 aliphatic heterocycles. The lowest BCUT2D eigenvalue weighted by atomic mass is 9.99. The van der Waals surface area contributed by atoms with Crippen LogP contribution < -0.4 is 4.74 Å². The van der Waals surface area contributed by atoms with Crippen LogP contribution in [0.2, 0.25) is 0 Å². The molecule has 3 aromatic rings. The van der Waals surface area contributed by atoms with Gasteiger partial charge in [0.25, 0.3) is 5.91 Å². The minimum atomic E-state index is -0.208. The second-order valence-corrected chi connectivity index (χ2v) is 6.58. The van der Waals surface area contributed by atoms with Crippen LogP contribution in [-0.4, -0.2) is 44.8 Å². The zero-order valence-electron chi connectivity index (χ0n) is 15.3. The lowest BCUT2D eigenvalue weighted by Crippen LogP contribution is -2.38. The highest BCUT2D eigenvalue weighted by atomic mass is 16.5. The molecule has 4 rings (SSSR count). The van der Waals surface area contributed by atoms with Crippen LogP contribution in [0.3, 0.4) is 0 Å². The lowest BCUT2D eigenvalue weighted by Gasteiger charge is -2.33. The van der Waals surface area contributed by atoms with Gasteiger partial charge < -0.3 is 14.2 Å². The molecule has 0 unspecified atom stereocenters. The molecular formula is C19H21N5O3. The number of hydrogen-bond donors (Lipinski definition) is 1. The summed E-state index contributed by atoms with van der Waals surface area (Å²) in [7, 11) is 1.61. The molecule has 0 saturated carbocycles. The fraction of sp³-hybridized carbons (Fsp3) is 0.368. The van der Waals surface area contributed by atoms with E-state index in [4.69, 9.17) is 9.26 Å². The predicted molar refractivity (Wildman–Crippen MR) is 97.2 cm³/mol. The summed E-state index contributed by atoms with van der Waals surface area (Å²) in [5.41, 5.74) is 2.04. The van der Waals surface area contributed by atoms with Gasteiger partial charge in [-0.3, -0.25) is 9.89 Å². The minimum Gasteiger partial charge on any atom is -0.497 e. The number of rotatable bonds is 4. The molecule has 8 nitrogen and oxygen atoms in total. The molecule has 2 aromatic heterocycles. The van der Waals surface area contributed by atoms with Gasteiger partial charge in [0.1, 0.15) is 11.8 Å².